The number of fused-ring (bicyclic) bond motifs is 2. The molecule has 0 saturated carbocycles. The number of para-hydroxylation sites is 1. The molecule has 1 heterocycles. The van der Waals surface area contributed by atoms with Crippen molar-refractivity contribution >= 4 is 23.4 Å². The van der Waals surface area contributed by atoms with Crippen molar-refractivity contribution in [2.75, 3.05) is 5.32 Å². The van der Waals surface area contributed by atoms with E-state index in [9.17, 15) is 4.79 Å². The molecule has 2 aromatic carbocycles. The van der Waals surface area contributed by atoms with Crippen LogP contribution in [0.1, 0.15) is 38.1 Å². The van der Waals surface area contributed by atoms with Gasteiger partial charge in [-0.2, -0.15) is 0 Å². The van der Waals surface area contributed by atoms with Crippen molar-refractivity contribution in [2.24, 2.45) is 0 Å². The van der Waals surface area contributed by atoms with E-state index in [1.165, 1.54) is 0 Å². The molecule has 20 heavy (non-hydrogen) atoms. The molecule has 0 atom stereocenters. The number of hydrogen-bond acceptors (Lipinski definition) is 2. The van der Waals surface area contributed by atoms with Crippen LogP contribution in [0.2, 0.25) is 0 Å². The van der Waals surface area contributed by atoms with E-state index >= 15 is 0 Å². The summed E-state index contributed by atoms with van der Waals surface area (Å²) in [5, 5.41) is 2.92. The average molecular weight is 287 g/mol. The van der Waals surface area contributed by atoms with E-state index in [4.69, 9.17) is 0 Å². The Hall–Kier alpha value is -1.74. The van der Waals surface area contributed by atoms with Gasteiger partial charge in [-0.05, 0) is 24.3 Å². The Morgan fingerprint density at radius 3 is 2.05 bits per heavy atom. The molecule has 0 spiro atoms. The second-order valence-electron chi connectivity index (χ2n) is 3.55. The Morgan fingerprint density at radius 2 is 1.35 bits per heavy atom. The first kappa shape index (κ1) is 16.3. The minimum absolute atomic E-state index is 0.0342. The molecule has 0 bridgehead atoms. The minimum Gasteiger partial charge on any atom is -0.321 e. The fourth-order valence-electron chi connectivity index (χ4n) is 1.71. The standard InChI is InChI=1S/C13H9NOS.2C2H6/c15-13-9-5-1-3-7-11(9)16-12-8-4-2-6-10(12)14-13;2*1-2/h1-8H,(H,14,15);2*1-2H3. The molecule has 1 aliphatic heterocycles. The fourth-order valence-corrected chi connectivity index (χ4v) is 2.74. The average Bonchev–Trinajstić information content (AvgIpc) is 2.67. The summed E-state index contributed by atoms with van der Waals surface area (Å²) in [4.78, 5) is 14.0. The summed E-state index contributed by atoms with van der Waals surface area (Å²) >= 11 is 1.62. The maximum absolute atomic E-state index is 11.9. The summed E-state index contributed by atoms with van der Waals surface area (Å²) in [5.74, 6) is -0.0342. The van der Waals surface area contributed by atoms with Crippen LogP contribution < -0.4 is 5.32 Å². The predicted octanol–water partition coefficient (Wildman–Crippen LogP) is 5.46. The summed E-state index contributed by atoms with van der Waals surface area (Å²) in [6.07, 6.45) is 0. The second kappa shape index (κ2) is 8.43. The van der Waals surface area contributed by atoms with Crippen LogP contribution in [-0.2, 0) is 0 Å². The van der Waals surface area contributed by atoms with E-state index in [1.807, 2.05) is 76.2 Å². The Morgan fingerprint density at radius 1 is 0.800 bits per heavy atom. The maximum atomic E-state index is 11.9. The Kier molecular flexibility index (Phi) is 6.88. The van der Waals surface area contributed by atoms with Crippen LogP contribution in [0, 0.1) is 0 Å². The minimum atomic E-state index is -0.0342. The summed E-state index contributed by atoms with van der Waals surface area (Å²) in [5.41, 5.74) is 1.62. The van der Waals surface area contributed by atoms with Crippen LogP contribution in [0.25, 0.3) is 0 Å². The first-order valence-corrected chi connectivity index (χ1v) is 7.83. The van der Waals surface area contributed by atoms with Crippen LogP contribution in [-0.4, -0.2) is 5.91 Å². The van der Waals surface area contributed by atoms with Gasteiger partial charge in [0.2, 0.25) is 0 Å². The van der Waals surface area contributed by atoms with E-state index < -0.39 is 0 Å². The number of amides is 1. The molecule has 0 unspecified atom stereocenters. The van der Waals surface area contributed by atoms with Crippen LogP contribution in [0.4, 0.5) is 5.69 Å². The fraction of sp³-hybridized carbons (Fsp3) is 0.235. The highest BCUT2D eigenvalue weighted by atomic mass is 32.2. The molecule has 1 aliphatic rings. The highest BCUT2D eigenvalue weighted by Crippen LogP contribution is 2.38. The number of hydrogen-bond donors (Lipinski definition) is 1. The third-order valence-corrected chi connectivity index (χ3v) is 3.64. The van der Waals surface area contributed by atoms with Gasteiger partial charge in [0, 0.05) is 9.79 Å². The summed E-state index contributed by atoms with van der Waals surface area (Å²) in [6.45, 7) is 8.00. The van der Waals surface area contributed by atoms with Gasteiger partial charge in [0.1, 0.15) is 0 Å². The van der Waals surface area contributed by atoms with E-state index in [2.05, 4.69) is 5.32 Å². The van der Waals surface area contributed by atoms with Crippen molar-refractivity contribution in [3.8, 4) is 0 Å². The van der Waals surface area contributed by atoms with Gasteiger partial charge in [-0.25, -0.2) is 0 Å². The first-order chi connectivity index (χ1) is 9.84. The van der Waals surface area contributed by atoms with Gasteiger partial charge in [0.05, 0.1) is 11.3 Å². The number of nitrogens with one attached hydrogen (secondary N) is 1. The summed E-state index contributed by atoms with van der Waals surface area (Å²) in [6, 6.07) is 15.5. The smallest absolute Gasteiger partial charge is 0.256 e. The molecule has 3 rings (SSSR count). The lowest BCUT2D eigenvalue weighted by molar-refractivity contribution is 0.102. The second-order valence-corrected chi connectivity index (χ2v) is 4.63. The van der Waals surface area contributed by atoms with Gasteiger partial charge in [0.15, 0.2) is 0 Å². The van der Waals surface area contributed by atoms with Gasteiger partial charge in [-0.3, -0.25) is 4.79 Å². The van der Waals surface area contributed by atoms with Gasteiger partial charge in [-0.15, -0.1) is 0 Å². The highest BCUT2D eigenvalue weighted by molar-refractivity contribution is 7.99. The van der Waals surface area contributed by atoms with Crippen LogP contribution in [0.5, 0.6) is 0 Å². The van der Waals surface area contributed by atoms with E-state index in [1.54, 1.807) is 11.8 Å². The number of anilines is 1. The van der Waals surface area contributed by atoms with E-state index in [0.29, 0.717) is 0 Å². The Labute approximate surface area is 125 Å². The summed E-state index contributed by atoms with van der Waals surface area (Å²) in [7, 11) is 0. The SMILES string of the molecule is CC.CC.O=C1Nc2ccccc2Sc2ccccc21. The molecule has 0 aliphatic carbocycles. The molecule has 2 aromatic rings. The highest BCUT2D eigenvalue weighted by Gasteiger charge is 2.18. The van der Waals surface area contributed by atoms with Crippen molar-refractivity contribution in [2.45, 2.75) is 37.5 Å². The zero-order valence-corrected chi connectivity index (χ0v) is 13.3. The van der Waals surface area contributed by atoms with Gasteiger partial charge in [-0.1, -0.05) is 63.7 Å². The number of benzene rings is 2. The molecule has 0 aromatic heterocycles. The van der Waals surface area contributed by atoms with Crippen LogP contribution >= 0.6 is 11.8 Å². The molecular weight excluding hydrogens is 266 g/mol. The molecule has 3 heteroatoms. The van der Waals surface area contributed by atoms with Crippen molar-refractivity contribution in [3.63, 3.8) is 0 Å². The van der Waals surface area contributed by atoms with Gasteiger partial charge >= 0.3 is 0 Å². The number of rotatable bonds is 0. The van der Waals surface area contributed by atoms with Crippen LogP contribution in [0.15, 0.2) is 58.3 Å². The Balaban J connectivity index is 0.000000461. The zero-order chi connectivity index (χ0) is 15.0. The predicted molar refractivity (Wildman–Crippen MR) is 87.7 cm³/mol. The molecule has 0 radical (unpaired) electrons. The third kappa shape index (κ3) is 3.64. The molecule has 106 valence electrons. The van der Waals surface area contributed by atoms with Crippen molar-refractivity contribution < 1.29 is 4.79 Å². The largest absolute Gasteiger partial charge is 0.321 e. The maximum Gasteiger partial charge on any atom is 0.256 e. The van der Waals surface area contributed by atoms with Crippen molar-refractivity contribution in [1.82, 2.24) is 0 Å². The number of carbonyl (C=O) groups excluding carboxylic acids is 1. The van der Waals surface area contributed by atoms with E-state index in [-0.39, 0.29) is 5.91 Å². The van der Waals surface area contributed by atoms with Crippen molar-refractivity contribution in [1.29, 1.82) is 0 Å². The molecule has 1 N–H and O–H groups in total. The number of carbonyl (C=O) groups is 1. The Bertz CT molecular complexity index is 566. The molecule has 2 nitrogen and oxygen atoms in total. The lowest BCUT2D eigenvalue weighted by Crippen LogP contribution is -2.11. The normalized spacial score (nSPS) is 11.3. The third-order valence-electron chi connectivity index (χ3n) is 2.49. The molecule has 0 fully saturated rings. The molecule has 0 saturated heterocycles. The lowest BCUT2D eigenvalue weighted by Gasteiger charge is -2.03. The quantitative estimate of drug-likeness (QED) is 0.697. The molecule has 1 amide bonds. The molecular formula is C17H21NOS. The zero-order valence-electron chi connectivity index (χ0n) is 12.4. The lowest BCUT2D eigenvalue weighted by atomic mass is 10.2. The monoisotopic (exact) mass is 287 g/mol. The van der Waals surface area contributed by atoms with E-state index in [0.717, 1.165) is 21.0 Å². The van der Waals surface area contributed by atoms with Gasteiger partial charge < -0.3 is 5.32 Å². The van der Waals surface area contributed by atoms with Crippen molar-refractivity contribution in [3.05, 3.63) is 54.1 Å². The van der Waals surface area contributed by atoms with Crippen LogP contribution in [0.3, 0.4) is 0 Å². The summed E-state index contributed by atoms with van der Waals surface area (Å²) < 4.78 is 0. The first-order valence-electron chi connectivity index (χ1n) is 7.02. The van der Waals surface area contributed by atoms with Gasteiger partial charge in [0.25, 0.3) is 5.91 Å². The topological polar surface area (TPSA) is 29.1 Å².